The molecule has 4 heteroatoms. The number of rotatable bonds is 7. The zero-order valence-electron chi connectivity index (χ0n) is 15.1. The second kappa shape index (κ2) is 8.48. The van der Waals surface area contributed by atoms with Crippen molar-refractivity contribution in [3.63, 3.8) is 0 Å². The van der Waals surface area contributed by atoms with E-state index < -0.39 is 0 Å². The van der Waals surface area contributed by atoms with Gasteiger partial charge in [-0.05, 0) is 43.9 Å². The van der Waals surface area contributed by atoms with Crippen LogP contribution < -0.4 is 5.32 Å². The minimum Gasteiger partial charge on any atom is -0.354 e. The van der Waals surface area contributed by atoms with E-state index in [0.717, 1.165) is 24.2 Å². The van der Waals surface area contributed by atoms with Gasteiger partial charge < -0.3 is 10.2 Å². The molecule has 1 N–H and O–H groups in total. The quantitative estimate of drug-likeness (QED) is 0.819. The average molecular weight is 325 g/mol. The molecule has 0 aliphatic carbocycles. The lowest BCUT2D eigenvalue weighted by Crippen LogP contribution is -2.30. The van der Waals surface area contributed by atoms with Crippen LogP contribution in [-0.4, -0.2) is 28.9 Å². The summed E-state index contributed by atoms with van der Waals surface area (Å²) in [5.74, 6) is 0.0237. The van der Waals surface area contributed by atoms with Gasteiger partial charge in [0.2, 0.25) is 0 Å². The summed E-state index contributed by atoms with van der Waals surface area (Å²) in [5.41, 5.74) is 5.15. The summed E-state index contributed by atoms with van der Waals surface area (Å²) >= 11 is 0. The molecule has 0 saturated heterocycles. The molecule has 1 heterocycles. The monoisotopic (exact) mass is 325 g/mol. The van der Waals surface area contributed by atoms with Crippen LogP contribution >= 0.6 is 0 Å². The summed E-state index contributed by atoms with van der Waals surface area (Å²) in [7, 11) is 0. The van der Waals surface area contributed by atoms with E-state index in [9.17, 15) is 4.79 Å². The number of hydrogen-bond donors (Lipinski definition) is 1. The van der Waals surface area contributed by atoms with E-state index >= 15 is 0 Å². The van der Waals surface area contributed by atoms with Gasteiger partial charge in [0.25, 0.3) is 5.91 Å². The van der Waals surface area contributed by atoms with Crippen LogP contribution in [0.2, 0.25) is 0 Å². The Morgan fingerprint density at radius 2 is 1.67 bits per heavy atom. The van der Waals surface area contributed by atoms with E-state index in [2.05, 4.69) is 42.3 Å². The Hall–Kier alpha value is -2.36. The van der Waals surface area contributed by atoms with Crippen LogP contribution in [0.3, 0.4) is 0 Å². The summed E-state index contributed by atoms with van der Waals surface area (Å²) in [6.45, 7) is 9.68. The van der Waals surface area contributed by atoms with Gasteiger partial charge >= 0.3 is 0 Å². The van der Waals surface area contributed by atoms with E-state index in [4.69, 9.17) is 0 Å². The number of aryl methyl sites for hydroxylation is 2. The van der Waals surface area contributed by atoms with Crippen LogP contribution in [0.1, 0.15) is 49.2 Å². The highest BCUT2D eigenvalue weighted by molar-refractivity contribution is 5.95. The summed E-state index contributed by atoms with van der Waals surface area (Å²) in [5, 5.41) is 3.48. The van der Waals surface area contributed by atoms with Crippen LogP contribution in [-0.2, 0) is 12.8 Å². The van der Waals surface area contributed by atoms with Crippen molar-refractivity contribution in [3.8, 4) is 0 Å². The van der Waals surface area contributed by atoms with Crippen LogP contribution in [0.25, 0.3) is 0 Å². The summed E-state index contributed by atoms with van der Waals surface area (Å²) in [6, 6.07) is 8.26. The molecule has 0 saturated carbocycles. The lowest BCUT2D eigenvalue weighted by Gasteiger charge is -2.19. The lowest BCUT2D eigenvalue weighted by molar-refractivity contribution is 0.0772. The zero-order chi connectivity index (χ0) is 17.5. The molecule has 0 atom stereocenters. The second-order valence-corrected chi connectivity index (χ2v) is 5.72. The van der Waals surface area contributed by atoms with Crippen LogP contribution in [0.5, 0.6) is 0 Å². The first-order valence-corrected chi connectivity index (χ1v) is 8.76. The number of hydrogen-bond acceptors (Lipinski definition) is 3. The first kappa shape index (κ1) is 18.0. The molecule has 0 spiro atoms. The topological polar surface area (TPSA) is 45.2 Å². The molecule has 2 rings (SSSR count). The van der Waals surface area contributed by atoms with Crippen molar-refractivity contribution >= 4 is 17.3 Å². The number of carbonyl (C=O) groups is 1. The fourth-order valence-corrected chi connectivity index (χ4v) is 2.87. The molecule has 1 aromatic heterocycles. The van der Waals surface area contributed by atoms with Gasteiger partial charge in [0, 0.05) is 25.0 Å². The Balaban J connectivity index is 2.32. The number of anilines is 2. The number of pyridine rings is 1. The summed E-state index contributed by atoms with van der Waals surface area (Å²) in [4.78, 5) is 18.6. The smallest absolute Gasteiger partial charge is 0.255 e. The summed E-state index contributed by atoms with van der Waals surface area (Å²) in [6.07, 6.45) is 5.33. The molecule has 1 aromatic carbocycles. The molecule has 24 heavy (non-hydrogen) atoms. The molecule has 0 fully saturated rings. The molecule has 2 aromatic rings. The number of amides is 1. The molecular weight excluding hydrogens is 298 g/mol. The van der Waals surface area contributed by atoms with Gasteiger partial charge in [-0.1, -0.05) is 32.0 Å². The van der Waals surface area contributed by atoms with E-state index in [1.54, 1.807) is 17.3 Å². The second-order valence-electron chi connectivity index (χ2n) is 5.72. The van der Waals surface area contributed by atoms with E-state index in [-0.39, 0.29) is 5.91 Å². The predicted octanol–water partition coefficient (Wildman–Crippen LogP) is 4.43. The maximum atomic E-state index is 12.5. The number of aromatic nitrogens is 1. The average Bonchev–Trinajstić information content (AvgIpc) is 2.63. The van der Waals surface area contributed by atoms with Crippen molar-refractivity contribution in [2.24, 2.45) is 0 Å². The van der Waals surface area contributed by atoms with Gasteiger partial charge in [-0.15, -0.1) is 0 Å². The Labute approximate surface area is 144 Å². The number of benzene rings is 1. The van der Waals surface area contributed by atoms with Gasteiger partial charge in [0.15, 0.2) is 0 Å². The Morgan fingerprint density at radius 3 is 2.21 bits per heavy atom. The Morgan fingerprint density at radius 1 is 1.04 bits per heavy atom. The number of para-hydroxylation sites is 1. The Kier molecular flexibility index (Phi) is 6.36. The lowest BCUT2D eigenvalue weighted by atomic mass is 10.0. The third-order valence-corrected chi connectivity index (χ3v) is 4.30. The van der Waals surface area contributed by atoms with Crippen molar-refractivity contribution in [2.45, 2.75) is 40.5 Å². The molecule has 0 radical (unpaired) electrons. The van der Waals surface area contributed by atoms with E-state index in [1.807, 2.05) is 19.9 Å². The van der Waals surface area contributed by atoms with E-state index in [0.29, 0.717) is 18.7 Å². The molecule has 4 nitrogen and oxygen atoms in total. The van der Waals surface area contributed by atoms with Crippen molar-refractivity contribution < 1.29 is 4.79 Å². The van der Waals surface area contributed by atoms with Crippen LogP contribution in [0.15, 0.2) is 36.7 Å². The first-order valence-electron chi connectivity index (χ1n) is 8.76. The Bertz CT molecular complexity index is 671. The standard InChI is InChI=1S/C20H27N3O/c1-5-15-10-9-11-16(6-2)19(15)22-18-12-17(13-21-14-18)20(24)23(7-3)8-4/h9-14,22H,5-8H2,1-4H3. The fourth-order valence-electron chi connectivity index (χ4n) is 2.87. The van der Waals surface area contributed by atoms with Crippen molar-refractivity contribution in [1.82, 2.24) is 9.88 Å². The largest absolute Gasteiger partial charge is 0.354 e. The highest BCUT2D eigenvalue weighted by atomic mass is 16.2. The molecular formula is C20H27N3O. The number of carbonyl (C=O) groups excluding carboxylic acids is 1. The van der Waals surface area contributed by atoms with Crippen molar-refractivity contribution in [2.75, 3.05) is 18.4 Å². The minimum absolute atomic E-state index is 0.0237. The highest BCUT2D eigenvalue weighted by Crippen LogP contribution is 2.26. The van der Waals surface area contributed by atoms with Gasteiger partial charge in [-0.25, -0.2) is 0 Å². The van der Waals surface area contributed by atoms with Gasteiger partial charge in [0.1, 0.15) is 0 Å². The fraction of sp³-hybridized carbons (Fsp3) is 0.400. The summed E-state index contributed by atoms with van der Waals surface area (Å²) < 4.78 is 0. The molecule has 0 aliphatic heterocycles. The third-order valence-electron chi connectivity index (χ3n) is 4.30. The molecule has 0 unspecified atom stereocenters. The van der Waals surface area contributed by atoms with Crippen LogP contribution in [0, 0.1) is 0 Å². The maximum absolute atomic E-state index is 12.5. The van der Waals surface area contributed by atoms with E-state index in [1.165, 1.54) is 11.1 Å². The van der Waals surface area contributed by atoms with Crippen molar-refractivity contribution in [3.05, 3.63) is 53.3 Å². The van der Waals surface area contributed by atoms with Crippen LogP contribution in [0.4, 0.5) is 11.4 Å². The first-order chi connectivity index (χ1) is 11.6. The molecule has 128 valence electrons. The maximum Gasteiger partial charge on any atom is 0.255 e. The normalized spacial score (nSPS) is 10.5. The highest BCUT2D eigenvalue weighted by Gasteiger charge is 2.14. The molecule has 1 amide bonds. The van der Waals surface area contributed by atoms with Crippen molar-refractivity contribution in [1.29, 1.82) is 0 Å². The van der Waals surface area contributed by atoms with Gasteiger partial charge in [-0.3, -0.25) is 9.78 Å². The minimum atomic E-state index is 0.0237. The molecule has 0 aliphatic rings. The third kappa shape index (κ3) is 3.94. The van der Waals surface area contributed by atoms with Gasteiger partial charge in [0.05, 0.1) is 17.4 Å². The molecule has 0 bridgehead atoms. The number of nitrogens with zero attached hydrogens (tertiary/aromatic N) is 2. The SMILES string of the molecule is CCc1cccc(CC)c1Nc1cncc(C(=O)N(CC)CC)c1. The van der Waals surface area contributed by atoms with Gasteiger partial charge in [-0.2, -0.15) is 0 Å². The predicted molar refractivity (Wildman–Crippen MR) is 100.0 cm³/mol. The zero-order valence-corrected chi connectivity index (χ0v) is 15.1. The number of nitrogens with one attached hydrogen (secondary N) is 1.